The van der Waals surface area contributed by atoms with Crippen LogP contribution in [0, 0.1) is 6.92 Å². The molecule has 120 valence electrons. The van der Waals surface area contributed by atoms with Crippen LogP contribution in [-0.2, 0) is 12.8 Å². The van der Waals surface area contributed by atoms with E-state index in [1.807, 2.05) is 38.2 Å². The number of aromatic nitrogens is 2. The maximum absolute atomic E-state index is 12.1. The highest BCUT2D eigenvalue weighted by molar-refractivity contribution is 5.96. The Morgan fingerprint density at radius 1 is 1.32 bits per heavy atom. The summed E-state index contributed by atoms with van der Waals surface area (Å²) in [5.74, 6) is 1.29. The standard InChI is InChI=1S/C16H21N3O2.ClH/c1-11-4-6-13(7-5-11)14(20)8-9-16-18-15(19-21-16)10-12(2)17-3;/h4-7,12,17H,8-10H2,1-3H3;1H. The number of rotatable bonds is 7. The summed E-state index contributed by atoms with van der Waals surface area (Å²) < 4.78 is 5.17. The van der Waals surface area contributed by atoms with Gasteiger partial charge < -0.3 is 9.84 Å². The van der Waals surface area contributed by atoms with Crippen LogP contribution in [0.3, 0.4) is 0 Å². The molecule has 0 aliphatic heterocycles. The van der Waals surface area contributed by atoms with Gasteiger partial charge in [0.1, 0.15) is 0 Å². The minimum atomic E-state index is 0. The number of hydrogen-bond acceptors (Lipinski definition) is 5. The number of carbonyl (C=O) groups excluding carboxylic acids is 1. The molecule has 22 heavy (non-hydrogen) atoms. The van der Waals surface area contributed by atoms with Crippen LogP contribution >= 0.6 is 12.4 Å². The van der Waals surface area contributed by atoms with Crippen molar-refractivity contribution >= 4 is 18.2 Å². The largest absolute Gasteiger partial charge is 0.339 e. The predicted molar refractivity (Wildman–Crippen MR) is 87.6 cm³/mol. The summed E-state index contributed by atoms with van der Waals surface area (Å²) in [6.45, 7) is 4.05. The fourth-order valence-electron chi connectivity index (χ4n) is 1.95. The van der Waals surface area contributed by atoms with Gasteiger partial charge in [0, 0.05) is 30.9 Å². The summed E-state index contributed by atoms with van der Waals surface area (Å²) in [5.41, 5.74) is 1.87. The van der Waals surface area contributed by atoms with Gasteiger partial charge >= 0.3 is 0 Å². The number of Topliss-reactive ketones (excluding diaryl/α,β-unsaturated/α-hetero) is 1. The van der Waals surface area contributed by atoms with Crippen LogP contribution in [0.2, 0.25) is 0 Å². The van der Waals surface area contributed by atoms with Gasteiger partial charge in [-0.05, 0) is 20.9 Å². The van der Waals surface area contributed by atoms with Crippen LogP contribution in [-0.4, -0.2) is 29.0 Å². The van der Waals surface area contributed by atoms with Crippen LogP contribution in [0.15, 0.2) is 28.8 Å². The fourth-order valence-corrected chi connectivity index (χ4v) is 1.95. The van der Waals surface area contributed by atoms with E-state index in [0.717, 1.165) is 11.1 Å². The first-order valence-electron chi connectivity index (χ1n) is 7.17. The van der Waals surface area contributed by atoms with Gasteiger partial charge in [0.05, 0.1) is 0 Å². The monoisotopic (exact) mass is 323 g/mol. The molecule has 0 amide bonds. The van der Waals surface area contributed by atoms with Crippen molar-refractivity contribution in [3.63, 3.8) is 0 Å². The maximum Gasteiger partial charge on any atom is 0.227 e. The first-order chi connectivity index (χ1) is 10.1. The van der Waals surface area contributed by atoms with Gasteiger partial charge in [-0.25, -0.2) is 0 Å². The molecule has 0 saturated carbocycles. The van der Waals surface area contributed by atoms with Gasteiger partial charge in [0.25, 0.3) is 0 Å². The van der Waals surface area contributed by atoms with E-state index in [4.69, 9.17) is 4.52 Å². The summed E-state index contributed by atoms with van der Waals surface area (Å²) in [6.07, 6.45) is 1.58. The molecular formula is C16H22ClN3O2. The topological polar surface area (TPSA) is 68.0 Å². The Hall–Kier alpha value is -1.72. The van der Waals surface area contributed by atoms with Gasteiger partial charge in [-0.2, -0.15) is 4.98 Å². The van der Waals surface area contributed by atoms with Crippen molar-refractivity contribution in [3.8, 4) is 0 Å². The average Bonchev–Trinajstić information content (AvgIpc) is 2.93. The van der Waals surface area contributed by atoms with E-state index in [-0.39, 0.29) is 18.2 Å². The van der Waals surface area contributed by atoms with Crippen molar-refractivity contribution in [1.29, 1.82) is 0 Å². The summed E-state index contributed by atoms with van der Waals surface area (Å²) >= 11 is 0. The first-order valence-corrected chi connectivity index (χ1v) is 7.17. The van der Waals surface area contributed by atoms with Gasteiger partial charge in [0.15, 0.2) is 11.6 Å². The number of ketones is 1. The summed E-state index contributed by atoms with van der Waals surface area (Å²) in [7, 11) is 1.89. The number of carbonyl (C=O) groups is 1. The molecule has 1 aromatic carbocycles. The molecule has 0 saturated heterocycles. The lowest BCUT2D eigenvalue weighted by molar-refractivity contribution is 0.0979. The Bertz CT molecular complexity index is 596. The van der Waals surface area contributed by atoms with Crippen LogP contribution in [0.1, 0.15) is 41.0 Å². The lowest BCUT2D eigenvalue weighted by Gasteiger charge is -2.04. The second-order valence-corrected chi connectivity index (χ2v) is 5.29. The summed E-state index contributed by atoms with van der Waals surface area (Å²) in [4.78, 5) is 16.4. The Kier molecular flexibility index (Phi) is 7.21. The molecule has 1 heterocycles. The zero-order valence-electron chi connectivity index (χ0n) is 13.1. The van der Waals surface area contributed by atoms with Crippen LogP contribution < -0.4 is 5.32 Å². The molecule has 1 aromatic heterocycles. The van der Waals surface area contributed by atoms with Crippen molar-refractivity contribution in [1.82, 2.24) is 15.5 Å². The quantitative estimate of drug-likeness (QED) is 0.793. The van der Waals surface area contributed by atoms with E-state index in [0.29, 0.717) is 37.0 Å². The van der Waals surface area contributed by atoms with Crippen molar-refractivity contribution < 1.29 is 9.32 Å². The third-order valence-corrected chi connectivity index (χ3v) is 3.43. The number of likely N-dealkylation sites (N-methyl/N-ethyl adjacent to an activating group) is 1. The number of hydrogen-bond donors (Lipinski definition) is 1. The molecule has 2 aromatic rings. The van der Waals surface area contributed by atoms with Crippen molar-refractivity contribution in [3.05, 3.63) is 47.1 Å². The summed E-state index contributed by atoms with van der Waals surface area (Å²) in [5, 5.41) is 7.05. The predicted octanol–water partition coefficient (Wildman–Crippen LogP) is 2.77. The van der Waals surface area contributed by atoms with Crippen LogP contribution in [0.25, 0.3) is 0 Å². The molecule has 1 atom stereocenters. The number of aryl methyl sites for hydroxylation is 2. The molecule has 1 N–H and O–H groups in total. The molecule has 2 rings (SSSR count). The molecule has 1 unspecified atom stereocenters. The lowest BCUT2D eigenvalue weighted by Crippen LogP contribution is -2.24. The maximum atomic E-state index is 12.1. The summed E-state index contributed by atoms with van der Waals surface area (Å²) in [6, 6.07) is 7.88. The van der Waals surface area contributed by atoms with E-state index >= 15 is 0 Å². The Balaban J connectivity index is 0.00000242. The third kappa shape index (κ3) is 5.24. The molecule has 0 aliphatic carbocycles. The number of halogens is 1. The smallest absolute Gasteiger partial charge is 0.227 e. The Morgan fingerprint density at radius 3 is 2.64 bits per heavy atom. The Labute approximate surface area is 136 Å². The van der Waals surface area contributed by atoms with Crippen LogP contribution in [0.4, 0.5) is 0 Å². The van der Waals surface area contributed by atoms with Gasteiger partial charge in [0.2, 0.25) is 5.89 Å². The molecular weight excluding hydrogens is 302 g/mol. The van der Waals surface area contributed by atoms with E-state index < -0.39 is 0 Å². The molecule has 5 nitrogen and oxygen atoms in total. The average molecular weight is 324 g/mol. The van der Waals surface area contributed by atoms with Crippen molar-refractivity contribution in [2.45, 2.75) is 39.2 Å². The zero-order chi connectivity index (χ0) is 15.2. The van der Waals surface area contributed by atoms with Crippen LogP contribution in [0.5, 0.6) is 0 Å². The zero-order valence-corrected chi connectivity index (χ0v) is 13.9. The molecule has 0 aliphatic rings. The molecule has 0 bridgehead atoms. The number of benzene rings is 1. The third-order valence-electron chi connectivity index (χ3n) is 3.43. The van der Waals surface area contributed by atoms with E-state index in [1.54, 1.807) is 0 Å². The highest BCUT2D eigenvalue weighted by atomic mass is 35.5. The van der Waals surface area contributed by atoms with Gasteiger partial charge in [-0.3, -0.25) is 4.79 Å². The molecule has 0 fully saturated rings. The first kappa shape index (κ1) is 18.3. The van der Waals surface area contributed by atoms with E-state index in [9.17, 15) is 4.79 Å². The minimum Gasteiger partial charge on any atom is -0.339 e. The highest BCUT2D eigenvalue weighted by Crippen LogP contribution is 2.09. The second kappa shape index (κ2) is 8.66. The molecule has 0 spiro atoms. The van der Waals surface area contributed by atoms with Gasteiger partial charge in [-0.1, -0.05) is 35.0 Å². The fraction of sp³-hybridized carbons (Fsp3) is 0.438. The normalized spacial score (nSPS) is 11.8. The van der Waals surface area contributed by atoms with E-state index in [2.05, 4.69) is 22.4 Å². The van der Waals surface area contributed by atoms with Gasteiger partial charge in [-0.15, -0.1) is 12.4 Å². The van der Waals surface area contributed by atoms with E-state index in [1.165, 1.54) is 0 Å². The van der Waals surface area contributed by atoms with Crippen molar-refractivity contribution in [2.24, 2.45) is 0 Å². The lowest BCUT2D eigenvalue weighted by atomic mass is 10.1. The SMILES string of the molecule is CNC(C)Cc1noc(CCC(=O)c2ccc(C)cc2)n1.Cl. The highest BCUT2D eigenvalue weighted by Gasteiger charge is 2.12. The number of nitrogens with one attached hydrogen (secondary N) is 1. The van der Waals surface area contributed by atoms with Crippen molar-refractivity contribution in [2.75, 3.05) is 7.05 Å². The molecule has 6 heteroatoms. The molecule has 0 radical (unpaired) electrons. The number of nitrogens with zero attached hydrogens (tertiary/aromatic N) is 2. The Morgan fingerprint density at radius 2 is 2.00 bits per heavy atom. The minimum absolute atomic E-state index is 0. The second-order valence-electron chi connectivity index (χ2n) is 5.29.